The molecule has 2 aromatic carbocycles. The zero-order valence-electron chi connectivity index (χ0n) is 17.6. The first-order valence-electron chi connectivity index (χ1n) is 10.3. The molecule has 1 N–H and O–H groups in total. The third-order valence-electron chi connectivity index (χ3n) is 5.46. The van der Waals surface area contributed by atoms with E-state index >= 15 is 0 Å². The van der Waals surface area contributed by atoms with Gasteiger partial charge in [-0.05, 0) is 54.8 Å². The average molecular weight is 471 g/mol. The number of rotatable bonds is 6. The molecule has 166 valence electrons. The van der Waals surface area contributed by atoms with Crippen molar-refractivity contribution >= 4 is 39.9 Å². The SMILES string of the molecule is COc1ccc(Cc2nnc(NC(=O)C3CCN(C(=O)c4ccc(Cl)cc4)CC3)s2)cc1. The van der Waals surface area contributed by atoms with Crippen LogP contribution in [-0.4, -0.2) is 47.1 Å². The molecule has 3 aromatic rings. The van der Waals surface area contributed by atoms with Crippen molar-refractivity contribution in [2.24, 2.45) is 5.92 Å². The van der Waals surface area contributed by atoms with Gasteiger partial charge in [0.15, 0.2) is 0 Å². The summed E-state index contributed by atoms with van der Waals surface area (Å²) >= 11 is 7.27. The van der Waals surface area contributed by atoms with Crippen LogP contribution in [0.3, 0.4) is 0 Å². The normalized spacial score (nSPS) is 14.2. The molecule has 0 unspecified atom stereocenters. The Bertz CT molecular complexity index is 1080. The average Bonchev–Trinajstić information content (AvgIpc) is 3.26. The van der Waals surface area contributed by atoms with Crippen LogP contribution in [0.25, 0.3) is 0 Å². The van der Waals surface area contributed by atoms with Crippen LogP contribution in [0.4, 0.5) is 5.13 Å². The highest BCUT2D eigenvalue weighted by atomic mass is 35.5. The van der Waals surface area contributed by atoms with Crippen molar-refractivity contribution in [3.63, 3.8) is 0 Å². The second-order valence-corrected chi connectivity index (χ2v) is 9.09. The molecule has 1 aliphatic rings. The van der Waals surface area contributed by atoms with E-state index in [0.717, 1.165) is 16.3 Å². The zero-order valence-corrected chi connectivity index (χ0v) is 19.2. The van der Waals surface area contributed by atoms with Gasteiger partial charge >= 0.3 is 0 Å². The molecule has 2 amide bonds. The summed E-state index contributed by atoms with van der Waals surface area (Å²) in [5.74, 6) is 0.543. The monoisotopic (exact) mass is 470 g/mol. The fraction of sp³-hybridized carbons (Fsp3) is 0.304. The first-order valence-corrected chi connectivity index (χ1v) is 11.5. The van der Waals surface area contributed by atoms with Gasteiger partial charge in [-0.25, -0.2) is 0 Å². The summed E-state index contributed by atoms with van der Waals surface area (Å²) < 4.78 is 5.17. The zero-order chi connectivity index (χ0) is 22.5. The van der Waals surface area contributed by atoms with Crippen LogP contribution < -0.4 is 10.1 Å². The summed E-state index contributed by atoms with van der Waals surface area (Å²) in [5, 5.41) is 13.1. The number of halogens is 1. The molecular formula is C23H23ClN4O3S. The predicted molar refractivity (Wildman–Crippen MR) is 124 cm³/mol. The summed E-state index contributed by atoms with van der Waals surface area (Å²) in [6.07, 6.45) is 1.87. The Labute approximate surface area is 195 Å². The number of likely N-dealkylation sites (tertiary alicyclic amines) is 1. The summed E-state index contributed by atoms with van der Waals surface area (Å²) in [7, 11) is 1.63. The van der Waals surface area contributed by atoms with Gasteiger partial charge < -0.3 is 15.0 Å². The number of anilines is 1. The molecule has 1 aliphatic heterocycles. The van der Waals surface area contributed by atoms with E-state index in [1.165, 1.54) is 11.3 Å². The van der Waals surface area contributed by atoms with Gasteiger partial charge in [-0.2, -0.15) is 0 Å². The number of piperidine rings is 1. The van der Waals surface area contributed by atoms with E-state index in [4.69, 9.17) is 16.3 Å². The van der Waals surface area contributed by atoms with Gasteiger partial charge in [-0.15, -0.1) is 10.2 Å². The van der Waals surface area contributed by atoms with Gasteiger partial charge in [-0.1, -0.05) is 35.1 Å². The van der Waals surface area contributed by atoms with Crippen LogP contribution in [0.5, 0.6) is 5.75 Å². The molecule has 32 heavy (non-hydrogen) atoms. The smallest absolute Gasteiger partial charge is 0.253 e. The molecule has 4 rings (SSSR count). The number of benzene rings is 2. The maximum Gasteiger partial charge on any atom is 0.253 e. The number of methoxy groups -OCH3 is 1. The first kappa shape index (κ1) is 22.2. The number of carbonyl (C=O) groups is 2. The Balaban J connectivity index is 1.27. The van der Waals surface area contributed by atoms with E-state index < -0.39 is 0 Å². The van der Waals surface area contributed by atoms with Gasteiger partial charge in [0.2, 0.25) is 11.0 Å². The number of nitrogens with one attached hydrogen (secondary N) is 1. The highest BCUT2D eigenvalue weighted by Gasteiger charge is 2.28. The van der Waals surface area contributed by atoms with Crippen LogP contribution in [-0.2, 0) is 11.2 Å². The van der Waals surface area contributed by atoms with Crippen molar-refractivity contribution < 1.29 is 14.3 Å². The Morgan fingerprint density at radius 3 is 2.44 bits per heavy atom. The molecule has 1 aromatic heterocycles. The molecule has 1 saturated heterocycles. The minimum Gasteiger partial charge on any atom is -0.497 e. The number of hydrogen-bond donors (Lipinski definition) is 1. The number of ether oxygens (including phenoxy) is 1. The van der Waals surface area contributed by atoms with Gasteiger partial charge in [0.05, 0.1) is 7.11 Å². The minimum absolute atomic E-state index is 0.0344. The van der Waals surface area contributed by atoms with Crippen molar-refractivity contribution in [1.29, 1.82) is 0 Å². The fourth-order valence-corrected chi connectivity index (χ4v) is 4.52. The summed E-state index contributed by atoms with van der Waals surface area (Å²) in [6, 6.07) is 14.6. The Kier molecular flexibility index (Phi) is 7.02. The third kappa shape index (κ3) is 5.44. The van der Waals surface area contributed by atoms with Gasteiger partial charge in [0.25, 0.3) is 5.91 Å². The molecule has 0 spiro atoms. The summed E-state index contributed by atoms with van der Waals surface area (Å²) in [5.41, 5.74) is 1.70. The van der Waals surface area contributed by atoms with E-state index in [0.29, 0.717) is 48.1 Å². The van der Waals surface area contributed by atoms with Crippen LogP contribution in [0.1, 0.15) is 33.8 Å². The van der Waals surface area contributed by atoms with E-state index in [-0.39, 0.29) is 17.7 Å². The summed E-state index contributed by atoms with van der Waals surface area (Å²) in [4.78, 5) is 27.1. The second kappa shape index (κ2) is 10.1. The van der Waals surface area contributed by atoms with E-state index in [9.17, 15) is 9.59 Å². The van der Waals surface area contributed by atoms with E-state index in [2.05, 4.69) is 15.5 Å². The molecule has 0 atom stereocenters. The van der Waals surface area contributed by atoms with Crippen molar-refractivity contribution in [1.82, 2.24) is 15.1 Å². The molecule has 0 bridgehead atoms. The lowest BCUT2D eigenvalue weighted by Crippen LogP contribution is -2.41. The molecule has 9 heteroatoms. The minimum atomic E-state index is -0.154. The number of hydrogen-bond acceptors (Lipinski definition) is 6. The molecular weight excluding hydrogens is 448 g/mol. The topological polar surface area (TPSA) is 84.4 Å². The van der Waals surface area contributed by atoms with Crippen molar-refractivity contribution in [3.8, 4) is 5.75 Å². The lowest BCUT2D eigenvalue weighted by Gasteiger charge is -2.31. The fourth-order valence-electron chi connectivity index (χ4n) is 3.62. The molecule has 0 saturated carbocycles. The largest absolute Gasteiger partial charge is 0.497 e. The maximum atomic E-state index is 12.7. The lowest BCUT2D eigenvalue weighted by molar-refractivity contribution is -0.121. The Morgan fingerprint density at radius 2 is 1.78 bits per heavy atom. The maximum absolute atomic E-state index is 12.7. The lowest BCUT2D eigenvalue weighted by atomic mass is 9.95. The standard InChI is InChI=1S/C23H23ClN4O3S/c1-31-19-8-2-15(3-9-19)14-20-26-27-23(32-20)25-21(29)16-10-12-28(13-11-16)22(30)17-4-6-18(24)7-5-17/h2-9,16H,10-14H2,1H3,(H,25,27,29). The number of amides is 2. The van der Waals surface area contributed by atoms with Crippen LogP contribution in [0.15, 0.2) is 48.5 Å². The van der Waals surface area contributed by atoms with Crippen molar-refractivity contribution in [3.05, 3.63) is 69.7 Å². The van der Waals surface area contributed by atoms with Gasteiger partial charge in [-0.3, -0.25) is 9.59 Å². The van der Waals surface area contributed by atoms with Gasteiger partial charge in [0, 0.05) is 36.0 Å². The Hall–Kier alpha value is -2.97. The van der Waals surface area contributed by atoms with Crippen molar-refractivity contribution in [2.45, 2.75) is 19.3 Å². The Morgan fingerprint density at radius 1 is 1.09 bits per heavy atom. The van der Waals surface area contributed by atoms with Crippen molar-refractivity contribution in [2.75, 3.05) is 25.5 Å². The van der Waals surface area contributed by atoms with Crippen LogP contribution >= 0.6 is 22.9 Å². The second-order valence-electron chi connectivity index (χ2n) is 7.59. The predicted octanol–water partition coefficient (Wildman–Crippen LogP) is 4.28. The number of carbonyl (C=O) groups excluding carboxylic acids is 2. The van der Waals surface area contributed by atoms with Crippen LogP contribution in [0, 0.1) is 5.92 Å². The first-order chi connectivity index (χ1) is 15.5. The molecule has 0 radical (unpaired) electrons. The third-order valence-corrected chi connectivity index (χ3v) is 6.55. The number of nitrogens with zero attached hydrogens (tertiary/aromatic N) is 3. The highest BCUT2D eigenvalue weighted by molar-refractivity contribution is 7.15. The van der Waals surface area contributed by atoms with E-state index in [1.54, 1.807) is 36.3 Å². The quantitative estimate of drug-likeness (QED) is 0.581. The number of aromatic nitrogens is 2. The van der Waals surface area contributed by atoms with Gasteiger partial charge in [0.1, 0.15) is 10.8 Å². The molecule has 1 fully saturated rings. The van der Waals surface area contributed by atoms with Crippen LogP contribution in [0.2, 0.25) is 5.02 Å². The highest BCUT2D eigenvalue weighted by Crippen LogP contribution is 2.24. The summed E-state index contributed by atoms with van der Waals surface area (Å²) in [6.45, 7) is 1.08. The molecule has 7 nitrogen and oxygen atoms in total. The van der Waals surface area contributed by atoms with E-state index in [1.807, 2.05) is 24.3 Å². The molecule has 2 heterocycles. The molecule has 0 aliphatic carbocycles.